The molecule has 0 heterocycles. The average Bonchev–Trinajstić information content (AvgIpc) is 2.96. The molecule has 0 unspecified atom stereocenters. The number of hydrogen-bond acceptors (Lipinski definition) is 2. The van der Waals surface area contributed by atoms with Crippen molar-refractivity contribution in [2.75, 3.05) is 6.54 Å². The number of nitrogens with zero attached hydrogens (tertiary/aromatic N) is 1. The monoisotopic (exact) mass is 504 g/mol. The molecule has 0 aromatic heterocycles. The van der Waals surface area contributed by atoms with E-state index in [4.69, 9.17) is 0 Å². The Bertz CT molecular complexity index is 1270. The van der Waals surface area contributed by atoms with Gasteiger partial charge in [0.1, 0.15) is 6.04 Å². The molecule has 4 nitrogen and oxygen atoms in total. The average molecular weight is 505 g/mol. The van der Waals surface area contributed by atoms with Crippen LogP contribution < -0.4 is 5.32 Å². The second kappa shape index (κ2) is 13.4. The molecule has 4 aromatic carbocycles. The lowest BCUT2D eigenvalue weighted by molar-refractivity contribution is -0.141. The summed E-state index contributed by atoms with van der Waals surface area (Å²) in [6, 6.07) is 37.7. The van der Waals surface area contributed by atoms with Gasteiger partial charge in [-0.3, -0.25) is 9.59 Å². The van der Waals surface area contributed by atoms with Gasteiger partial charge in [0.05, 0.1) is 0 Å². The molecule has 4 aromatic rings. The van der Waals surface area contributed by atoms with Gasteiger partial charge in [-0.25, -0.2) is 0 Å². The Kier molecular flexibility index (Phi) is 9.47. The number of amides is 2. The van der Waals surface area contributed by atoms with Crippen molar-refractivity contribution in [2.45, 2.75) is 45.2 Å². The fourth-order valence-corrected chi connectivity index (χ4v) is 4.91. The maximum atomic E-state index is 14.3. The summed E-state index contributed by atoms with van der Waals surface area (Å²) in [6.45, 7) is 4.84. The van der Waals surface area contributed by atoms with E-state index in [1.165, 1.54) is 0 Å². The first-order chi connectivity index (χ1) is 18.6. The topological polar surface area (TPSA) is 49.4 Å². The summed E-state index contributed by atoms with van der Waals surface area (Å²) >= 11 is 0. The van der Waals surface area contributed by atoms with E-state index in [0.717, 1.165) is 27.8 Å². The Hall–Kier alpha value is -4.18. The van der Waals surface area contributed by atoms with Crippen molar-refractivity contribution in [3.63, 3.8) is 0 Å². The second-order valence-corrected chi connectivity index (χ2v) is 9.63. The number of aryl methyl sites for hydroxylation is 1. The van der Waals surface area contributed by atoms with Gasteiger partial charge in [-0.15, -0.1) is 0 Å². The second-order valence-electron chi connectivity index (χ2n) is 9.63. The standard InChI is InChI=1S/C34H36N2O2/c1-3-35-34(38)32(23-27-16-7-4-8-17-27)36(25-30-22-14-13-15-26(30)2)33(37)24-31(28-18-9-5-10-19-28)29-20-11-6-12-21-29/h4-22,31-32H,3,23-25H2,1-2H3,(H,35,38)/t32-/m1/s1. The maximum Gasteiger partial charge on any atom is 0.243 e. The zero-order chi connectivity index (χ0) is 26.7. The summed E-state index contributed by atoms with van der Waals surface area (Å²) < 4.78 is 0. The predicted molar refractivity (Wildman–Crippen MR) is 154 cm³/mol. The molecule has 0 aliphatic carbocycles. The number of carbonyl (C=O) groups excluding carboxylic acids is 2. The highest BCUT2D eigenvalue weighted by Crippen LogP contribution is 2.30. The van der Waals surface area contributed by atoms with Crippen LogP contribution in [-0.4, -0.2) is 29.3 Å². The number of hydrogen-bond donors (Lipinski definition) is 1. The highest BCUT2D eigenvalue weighted by Gasteiger charge is 2.32. The normalized spacial score (nSPS) is 11.7. The van der Waals surface area contributed by atoms with Gasteiger partial charge in [-0.05, 0) is 41.7 Å². The summed E-state index contributed by atoms with van der Waals surface area (Å²) in [4.78, 5) is 29.6. The van der Waals surface area contributed by atoms with Crippen molar-refractivity contribution < 1.29 is 9.59 Å². The van der Waals surface area contributed by atoms with Crippen molar-refractivity contribution in [1.29, 1.82) is 0 Å². The zero-order valence-corrected chi connectivity index (χ0v) is 22.2. The van der Waals surface area contributed by atoms with Gasteiger partial charge in [0.2, 0.25) is 11.8 Å². The fourth-order valence-electron chi connectivity index (χ4n) is 4.91. The first-order valence-electron chi connectivity index (χ1n) is 13.3. The Labute approximate surface area is 226 Å². The molecule has 1 N–H and O–H groups in total. The summed E-state index contributed by atoms with van der Waals surface area (Å²) in [5, 5.41) is 2.99. The van der Waals surface area contributed by atoms with Crippen LogP contribution in [-0.2, 0) is 22.6 Å². The van der Waals surface area contributed by atoms with E-state index in [-0.39, 0.29) is 24.2 Å². The van der Waals surface area contributed by atoms with Gasteiger partial charge < -0.3 is 10.2 Å². The third-order valence-corrected chi connectivity index (χ3v) is 7.01. The van der Waals surface area contributed by atoms with Gasteiger partial charge in [-0.1, -0.05) is 115 Å². The van der Waals surface area contributed by atoms with Crippen molar-refractivity contribution in [1.82, 2.24) is 10.2 Å². The lowest BCUT2D eigenvalue weighted by atomic mass is 9.87. The zero-order valence-electron chi connectivity index (χ0n) is 22.2. The maximum absolute atomic E-state index is 14.3. The molecule has 2 amide bonds. The van der Waals surface area contributed by atoms with Gasteiger partial charge in [0.15, 0.2) is 0 Å². The summed E-state index contributed by atoms with van der Waals surface area (Å²) in [5.74, 6) is -0.289. The van der Waals surface area contributed by atoms with Crippen molar-refractivity contribution in [3.8, 4) is 0 Å². The molecule has 38 heavy (non-hydrogen) atoms. The third kappa shape index (κ3) is 6.98. The minimum Gasteiger partial charge on any atom is -0.355 e. The van der Waals surface area contributed by atoms with Gasteiger partial charge in [0, 0.05) is 31.8 Å². The lowest BCUT2D eigenvalue weighted by Gasteiger charge is -2.33. The third-order valence-electron chi connectivity index (χ3n) is 7.01. The molecule has 0 aliphatic rings. The van der Waals surface area contributed by atoms with E-state index in [2.05, 4.69) is 29.6 Å². The van der Waals surface area contributed by atoms with E-state index >= 15 is 0 Å². The number of rotatable bonds is 11. The molecule has 1 atom stereocenters. The first kappa shape index (κ1) is 26.9. The van der Waals surface area contributed by atoms with E-state index in [9.17, 15) is 9.59 Å². The van der Waals surface area contributed by atoms with E-state index < -0.39 is 6.04 Å². The number of likely N-dealkylation sites (N-methyl/N-ethyl adjacent to an activating group) is 1. The highest BCUT2D eigenvalue weighted by atomic mass is 16.2. The van der Waals surface area contributed by atoms with Crippen molar-refractivity contribution in [2.24, 2.45) is 0 Å². The fraction of sp³-hybridized carbons (Fsp3) is 0.235. The summed E-state index contributed by atoms with van der Waals surface area (Å²) in [6.07, 6.45) is 0.718. The quantitative estimate of drug-likeness (QED) is 0.261. The Morgan fingerprint density at radius 3 is 1.82 bits per heavy atom. The van der Waals surface area contributed by atoms with Crippen LogP contribution >= 0.6 is 0 Å². The number of carbonyl (C=O) groups is 2. The largest absolute Gasteiger partial charge is 0.355 e. The molecule has 4 heteroatoms. The van der Waals surface area contributed by atoms with Crippen LogP contribution in [0.25, 0.3) is 0 Å². The minimum absolute atomic E-state index is 0.0434. The van der Waals surface area contributed by atoms with Crippen LogP contribution in [0.4, 0.5) is 0 Å². The SMILES string of the molecule is CCNC(=O)[C@@H](Cc1ccccc1)N(Cc1ccccc1C)C(=O)CC(c1ccccc1)c1ccccc1. The molecule has 0 saturated heterocycles. The Morgan fingerprint density at radius 1 is 0.737 bits per heavy atom. The van der Waals surface area contributed by atoms with Crippen molar-refractivity contribution in [3.05, 3.63) is 143 Å². The molecule has 0 aliphatic heterocycles. The number of benzene rings is 4. The molecule has 0 saturated carbocycles. The highest BCUT2D eigenvalue weighted by molar-refractivity contribution is 5.88. The predicted octanol–water partition coefficient (Wildman–Crippen LogP) is 6.29. The Morgan fingerprint density at radius 2 is 1.26 bits per heavy atom. The van der Waals surface area contributed by atoms with Gasteiger partial charge in [0.25, 0.3) is 0 Å². The number of nitrogens with one attached hydrogen (secondary N) is 1. The van der Waals surface area contributed by atoms with Gasteiger partial charge >= 0.3 is 0 Å². The van der Waals surface area contributed by atoms with Crippen LogP contribution in [0.2, 0.25) is 0 Å². The molecular formula is C34H36N2O2. The summed E-state index contributed by atoms with van der Waals surface area (Å²) in [5.41, 5.74) is 5.33. The Balaban J connectivity index is 1.73. The van der Waals surface area contributed by atoms with E-state index in [1.807, 2.05) is 105 Å². The molecular weight excluding hydrogens is 468 g/mol. The molecule has 0 fully saturated rings. The minimum atomic E-state index is -0.628. The molecule has 0 radical (unpaired) electrons. The van der Waals surface area contributed by atoms with E-state index in [1.54, 1.807) is 4.90 Å². The van der Waals surface area contributed by atoms with Crippen LogP contribution in [0.1, 0.15) is 47.1 Å². The molecule has 194 valence electrons. The first-order valence-corrected chi connectivity index (χ1v) is 13.3. The molecule has 4 rings (SSSR count). The van der Waals surface area contributed by atoms with Crippen LogP contribution in [0, 0.1) is 6.92 Å². The summed E-state index contributed by atoms with van der Waals surface area (Å²) in [7, 11) is 0. The van der Waals surface area contributed by atoms with Crippen LogP contribution in [0.3, 0.4) is 0 Å². The van der Waals surface area contributed by atoms with Crippen molar-refractivity contribution >= 4 is 11.8 Å². The molecule has 0 spiro atoms. The smallest absolute Gasteiger partial charge is 0.243 e. The molecule has 0 bridgehead atoms. The lowest BCUT2D eigenvalue weighted by Crippen LogP contribution is -2.50. The van der Waals surface area contributed by atoms with Crippen LogP contribution in [0.15, 0.2) is 115 Å². The van der Waals surface area contributed by atoms with E-state index in [0.29, 0.717) is 19.5 Å². The van der Waals surface area contributed by atoms with Gasteiger partial charge in [-0.2, -0.15) is 0 Å². The van der Waals surface area contributed by atoms with Crippen LogP contribution in [0.5, 0.6) is 0 Å².